The van der Waals surface area contributed by atoms with Crippen LogP contribution in [-0.4, -0.2) is 23.4 Å². The van der Waals surface area contributed by atoms with E-state index in [9.17, 15) is 19.2 Å². The maximum Gasteiger partial charge on any atom is 0.250 e. The third-order valence-corrected chi connectivity index (χ3v) is 5.37. The Balaban J connectivity index is 1.62. The predicted octanol–water partition coefficient (Wildman–Crippen LogP) is 6.51. The minimum atomic E-state index is -0.310. The van der Waals surface area contributed by atoms with Crippen LogP contribution >= 0.6 is 0 Å². The third kappa shape index (κ3) is 7.96. The van der Waals surface area contributed by atoms with Gasteiger partial charge in [-0.15, -0.1) is 0 Å². The van der Waals surface area contributed by atoms with Gasteiger partial charge in [-0.05, 0) is 61.4 Å². The Morgan fingerprint density at radius 2 is 1.11 bits per heavy atom. The summed E-state index contributed by atoms with van der Waals surface area (Å²) in [5.74, 6) is -0.975. The monoisotopic (exact) mass is 504 g/mol. The molecule has 0 aliphatic heterocycles. The highest BCUT2D eigenvalue weighted by atomic mass is 16.2. The molecule has 0 unspecified atom stereocenters. The minimum Gasteiger partial charge on any atom is -0.322 e. The van der Waals surface area contributed by atoms with E-state index in [0.717, 1.165) is 11.1 Å². The fourth-order valence-electron chi connectivity index (χ4n) is 3.24. The summed E-state index contributed by atoms with van der Waals surface area (Å²) in [4.78, 5) is 48.8. The standard InChI is InChI=1S/C32H28N2O4/c1-21(2)31(37)33-27-9-5-7-24(19-27)14-18-29(35)25-15-11-23(12-16-25)13-17-30(36)26-8-6-10-28(20-26)34-32(38)22(3)4/h5-20H,1,3H2,2,4H3,(H,33,37)(H,34,38). The van der Waals surface area contributed by atoms with E-state index in [4.69, 9.17) is 0 Å². The van der Waals surface area contributed by atoms with Gasteiger partial charge in [0.25, 0.3) is 11.8 Å². The lowest BCUT2D eigenvalue weighted by molar-refractivity contribution is -0.113. The lowest BCUT2D eigenvalue weighted by Gasteiger charge is -2.05. The van der Waals surface area contributed by atoms with E-state index in [1.807, 2.05) is 6.07 Å². The topological polar surface area (TPSA) is 92.3 Å². The highest BCUT2D eigenvalue weighted by Gasteiger charge is 2.07. The normalized spacial score (nSPS) is 10.8. The summed E-state index contributed by atoms with van der Waals surface area (Å²) in [6.45, 7) is 10.5. The number of hydrogen-bond acceptors (Lipinski definition) is 4. The van der Waals surface area contributed by atoms with Crippen molar-refractivity contribution < 1.29 is 19.2 Å². The lowest BCUT2D eigenvalue weighted by atomic mass is 10.0. The van der Waals surface area contributed by atoms with Crippen molar-refractivity contribution in [3.63, 3.8) is 0 Å². The summed E-state index contributed by atoms with van der Waals surface area (Å²) in [6, 6.07) is 20.7. The SMILES string of the molecule is C=C(C)C(=O)Nc1cccc(C=CC(=O)c2ccc(C=CC(=O)c3cccc(NC(=O)C(=C)C)c3)cc2)c1. The van der Waals surface area contributed by atoms with E-state index in [-0.39, 0.29) is 23.4 Å². The van der Waals surface area contributed by atoms with Crippen LogP contribution in [0, 0.1) is 0 Å². The maximum atomic E-state index is 12.6. The molecule has 0 aromatic heterocycles. The van der Waals surface area contributed by atoms with Gasteiger partial charge in [-0.1, -0.05) is 73.8 Å². The molecular formula is C32H28N2O4. The van der Waals surface area contributed by atoms with Crippen molar-refractivity contribution in [2.45, 2.75) is 13.8 Å². The van der Waals surface area contributed by atoms with E-state index in [1.165, 1.54) is 12.2 Å². The molecule has 6 nitrogen and oxygen atoms in total. The van der Waals surface area contributed by atoms with E-state index in [2.05, 4.69) is 23.8 Å². The molecule has 0 heterocycles. The molecule has 0 aliphatic rings. The first-order chi connectivity index (χ1) is 18.1. The number of carbonyl (C=O) groups is 4. The van der Waals surface area contributed by atoms with E-state index in [1.54, 1.807) is 92.7 Å². The van der Waals surface area contributed by atoms with Gasteiger partial charge < -0.3 is 10.6 Å². The molecule has 0 radical (unpaired) electrons. The first kappa shape index (κ1) is 27.5. The number of anilines is 2. The smallest absolute Gasteiger partial charge is 0.250 e. The van der Waals surface area contributed by atoms with Crippen LogP contribution < -0.4 is 10.6 Å². The van der Waals surface area contributed by atoms with Gasteiger partial charge in [0.05, 0.1) is 0 Å². The number of amides is 2. The molecule has 0 fully saturated rings. The molecule has 3 aromatic carbocycles. The van der Waals surface area contributed by atoms with Crippen LogP contribution in [0.1, 0.15) is 45.7 Å². The number of rotatable bonds is 10. The molecular weight excluding hydrogens is 476 g/mol. The first-order valence-corrected chi connectivity index (χ1v) is 11.8. The second-order valence-corrected chi connectivity index (χ2v) is 8.69. The van der Waals surface area contributed by atoms with Crippen molar-refractivity contribution in [1.29, 1.82) is 0 Å². The molecule has 0 bridgehead atoms. The Labute approximate surface area is 222 Å². The lowest BCUT2D eigenvalue weighted by Crippen LogP contribution is -2.12. The summed E-state index contributed by atoms with van der Waals surface area (Å²) in [5.41, 5.74) is 4.35. The fraction of sp³-hybridized carbons (Fsp3) is 0.0625. The summed E-state index contributed by atoms with van der Waals surface area (Å²) in [6.07, 6.45) is 6.25. The molecule has 190 valence electrons. The fourth-order valence-corrected chi connectivity index (χ4v) is 3.24. The number of carbonyl (C=O) groups excluding carboxylic acids is 4. The van der Waals surface area contributed by atoms with Crippen molar-refractivity contribution in [2.75, 3.05) is 10.6 Å². The molecule has 2 amide bonds. The van der Waals surface area contributed by atoms with Crippen molar-refractivity contribution in [2.24, 2.45) is 0 Å². The molecule has 6 heteroatoms. The van der Waals surface area contributed by atoms with Gasteiger partial charge in [0.2, 0.25) is 0 Å². The van der Waals surface area contributed by atoms with Crippen LogP contribution in [0.2, 0.25) is 0 Å². The molecule has 0 spiro atoms. The zero-order valence-corrected chi connectivity index (χ0v) is 21.3. The molecule has 0 saturated heterocycles. The molecule has 38 heavy (non-hydrogen) atoms. The van der Waals surface area contributed by atoms with Crippen LogP contribution in [0.4, 0.5) is 11.4 Å². The summed E-state index contributed by atoms with van der Waals surface area (Å²) in [7, 11) is 0. The van der Waals surface area contributed by atoms with Crippen molar-refractivity contribution in [3.05, 3.63) is 132 Å². The Morgan fingerprint density at radius 3 is 1.68 bits per heavy atom. The largest absolute Gasteiger partial charge is 0.322 e. The van der Waals surface area contributed by atoms with Gasteiger partial charge in [-0.3, -0.25) is 19.2 Å². The van der Waals surface area contributed by atoms with Crippen LogP contribution in [0.25, 0.3) is 12.2 Å². The number of ketones is 2. The minimum absolute atomic E-state index is 0.179. The van der Waals surface area contributed by atoms with Crippen LogP contribution in [0.15, 0.2) is 109 Å². The van der Waals surface area contributed by atoms with Gasteiger partial charge in [0.1, 0.15) is 0 Å². The summed E-state index contributed by atoms with van der Waals surface area (Å²) < 4.78 is 0. The first-order valence-electron chi connectivity index (χ1n) is 11.8. The van der Waals surface area contributed by atoms with Gasteiger partial charge in [-0.2, -0.15) is 0 Å². The average Bonchev–Trinajstić information content (AvgIpc) is 2.90. The predicted molar refractivity (Wildman–Crippen MR) is 153 cm³/mol. The Morgan fingerprint density at radius 1 is 0.605 bits per heavy atom. The summed E-state index contributed by atoms with van der Waals surface area (Å²) >= 11 is 0. The van der Waals surface area contributed by atoms with Gasteiger partial charge in [0.15, 0.2) is 11.6 Å². The molecule has 3 rings (SSSR count). The number of benzene rings is 3. The van der Waals surface area contributed by atoms with Crippen LogP contribution in [-0.2, 0) is 9.59 Å². The molecule has 0 atom stereocenters. The molecule has 0 aliphatic carbocycles. The Kier molecular flexibility index (Phi) is 9.21. The molecule has 0 saturated carbocycles. The van der Waals surface area contributed by atoms with Crippen LogP contribution in [0.5, 0.6) is 0 Å². The van der Waals surface area contributed by atoms with E-state index >= 15 is 0 Å². The Bertz CT molecular complexity index is 1480. The van der Waals surface area contributed by atoms with Crippen molar-refractivity contribution >= 4 is 46.9 Å². The zero-order chi connectivity index (χ0) is 27.7. The second-order valence-electron chi connectivity index (χ2n) is 8.69. The van der Waals surface area contributed by atoms with E-state index < -0.39 is 0 Å². The van der Waals surface area contributed by atoms with Crippen molar-refractivity contribution in [1.82, 2.24) is 0 Å². The van der Waals surface area contributed by atoms with Crippen molar-refractivity contribution in [3.8, 4) is 0 Å². The summed E-state index contributed by atoms with van der Waals surface area (Å²) in [5, 5.41) is 5.43. The Hall–Kier alpha value is -5.10. The van der Waals surface area contributed by atoms with Gasteiger partial charge >= 0.3 is 0 Å². The average molecular weight is 505 g/mol. The molecule has 3 aromatic rings. The number of hydrogen-bond donors (Lipinski definition) is 2. The van der Waals surface area contributed by atoms with E-state index in [0.29, 0.717) is 33.6 Å². The quantitative estimate of drug-likeness (QED) is 0.243. The third-order valence-electron chi connectivity index (χ3n) is 5.37. The maximum absolute atomic E-state index is 12.6. The highest BCUT2D eigenvalue weighted by molar-refractivity contribution is 6.09. The van der Waals surface area contributed by atoms with Gasteiger partial charge in [-0.25, -0.2) is 0 Å². The number of nitrogens with one attached hydrogen (secondary N) is 2. The van der Waals surface area contributed by atoms with Gasteiger partial charge in [0, 0.05) is 33.6 Å². The second kappa shape index (κ2) is 12.7. The highest BCUT2D eigenvalue weighted by Crippen LogP contribution is 2.16. The molecule has 2 N–H and O–H groups in total. The zero-order valence-electron chi connectivity index (χ0n) is 21.3. The number of allylic oxidation sites excluding steroid dienone is 2. The van der Waals surface area contributed by atoms with Crippen LogP contribution in [0.3, 0.4) is 0 Å².